The average Bonchev–Trinajstić information content (AvgIpc) is 2.14. The van der Waals surface area contributed by atoms with Crippen molar-refractivity contribution in [3.05, 3.63) is 30.3 Å². The lowest BCUT2D eigenvalue weighted by Crippen LogP contribution is -2.42. The zero-order valence-electron chi connectivity index (χ0n) is 7.51. The number of nitrogens with zero attached hydrogens (tertiary/aromatic N) is 1. The zero-order valence-corrected chi connectivity index (χ0v) is 8.32. The molecular formula is C7H11N3O3S. The fraction of sp³-hybridized carbons (Fsp3) is 0.143. The molecule has 0 unspecified atom stereocenters. The van der Waals surface area contributed by atoms with Gasteiger partial charge in [0.05, 0.1) is 5.69 Å². The lowest BCUT2D eigenvalue weighted by atomic mass is 10.3. The first kappa shape index (κ1) is 10.9. The highest BCUT2D eigenvalue weighted by molar-refractivity contribution is 7.83. The molecule has 1 aromatic carbocycles. The van der Waals surface area contributed by atoms with E-state index in [0.29, 0.717) is 10.1 Å². The highest BCUT2D eigenvalue weighted by Crippen LogP contribution is 2.02. The van der Waals surface area contributed by atoms with E-state index in [1.54, 1.807) is 24.3 Å². The summed E-state index contributed by atoms with van der Waals surface area (Å²) < 4.78 is 30.2. The van der Waals surface area contributed by atoms with Crippen LogP contribution in [0, 0.1) is 0 Å². The van der Waals surface area contributed by atoms with Gasteiger partial charge in [0.1, 0.15) is 0 Å². The van der Waals surface area contributed by atoms with E-state index in [0.717, 1.165) is 0 Å². The molecule has 0 aliphatic rings. The molecule has 1 aromatic rings. The summed E-state index contributed by atoms with van der Waals surface area (Å²) >= 11 is 0. The number of rotatable bonds is 4. The first-order valence-electron chi connectivity index (χ1n) is 3.78. The van der Waals surface area contributed by atoms with Crippen LogP contribution in [0.5, 0.6) is 0 Å². The Morgan fingerprint density at radius 3 is 2.36 bits per heavy atom. The van der Waals surface area contributed by atoms with E-state index in [-0.39, 0.29) is 0 Å². The molecule has 0 atom stereocenters. The predicted molar refractivity (Wildman–Crippen MR) is 52.5 cm³/mol. The van der Waals surface area contributed by atoms with E-state index in [1.165, 1.54) is 7.05 Å². The third kappa shape index (κ3) is 3.30. The molecular weight excluding hydrogens is 206 g/mol. The van der Waals surface area contributed by atoms with Crippen LogP contribution in [0.25, 0.3) is 0 Å². The molecule has 0 saturated heterocycles. The van der Waals surface area contributed by atoms with Crippen LogP contribution in [0.2, 0.25) is 0 Å². The number of hydrogen-bond donors (Lipinski definition) is 3. The fourth-order valence-electron chi connectivity index (χ4n) is 0.722. The lowest BCUT2D eigenvalue weighted by molar-refractivity contribution is 0.341. The summed E-state index contributed by atoms with van der Waals surface area (Å²) in [6, 6.07) is 8.89. The third-order valence-electron chi connectivity index (χ3n) is 1.48. The van der Waals surface area contributed by atoms with E-state index >= 15 is 0 Å². The molecule has 0 heterocycles. The minimum Gasteiger partial charge on any atom is -0.307 e. The molecule has 6 nitrogen and oxygen atoms in total. The van der Waals surface area contributed by atoms with Gasteiger partial charge < -0.3 is 5.43 Å². The van der Waals surface area contributed by atoms with E-state index < -0.39 is 10.3 Å². The van der Waals surface area contributed by atoms with Crippen LogP contribution in [0.3, 0.4) is 0 Å². The Morgan fingerprint density at radius 1 is 1.29 bits per heavy atom. The van der Waals surface area contributed by atoms with Crippen LogP contribution in [0.4, 0.5) is 5.69 Å². The lowest BCUT2D eigenvalue weighted by Gasteiger charge is -2.15. The monoisotopic (exact) mass is 217 g/mol. The van der Waals surface area contributed by atoms with Crippen LogP contribution in [0.15, 0.2) is 30.3 Å². The first-order chi connectivity index (χ1) is 6.50. The van der Waals surface area contributed by atoms with Crippen molar-refractivity contribution in [1.29, 1.82) is 0 Å². The zero-order chi connectivity index (χ0) is 10.6. The van der Waals surface area contributed by atoms with Crippen LogP contribution >= 0.6 is 0 Å². The van der Waals surface area contributed by atoms with Gasteiger partial charge in [-0.1, -0.05) is 22.6 Å². The number of para-hydroxylation sites is 1. The Kier molecular flexibility index (Phi) is 3.42. The molecule has 1 rings (SSSR count). The van der Waals surface area contributed by atoms with Crippen molar-refractivity contribution < 1.29 is 13.0 Å². The van der Waals surface area contributed by atoms with Gasteiger partial charge in [0.15, 0.2) is 0 Å². The van der Waals surface area contributed by atoms with Gasteiger partial charge in [0.25, 0.3) is 0 Å². The molecule has 0 aliphatic heterocycles. The number of anilines is 1. The Balaban J connectivity index is 2.50. The van der Waals surface area contributed by atoms with Gasteiger partial charge in [-0.15, -0.1) is 0 Å². The Hall–Kier alpha value is -1.15. The third-order valence-corrected chi connectivity index (χ3v) is 2.26. The maximum atomic E-state index is 10.5. The van der Waals surface area contributed by atoms with E-state index in [2.05, 4.69) is 11.0 Å². The molecule has 0 bridgehead atoms. The molecule has 0 aliphatic carbocycles. The maximum Gasteiger partial charge on any atom is 0.350 e. The SMILES string of the molecule is CN(NNc1ccccc1)S(=O)(=O)O. The summed E-state index contributed by atoms with van der Waals surface area (Å²) in [5.41, 5.74) is 5.56. The Labute approximate surface area is 82.4 Å². The summed E-state index contributed by atoms with van der Waals surface area (Å²) in [5.74, 6) is 0. The Morgan fingerprint density at radius 2 is 1.86 bits per heavy atom. The predicted octanol–water partition coefficient (Wildman–Crippen LogP) is 0.253. The van der Waals surface area contributed by atoms with Crippen LogP contribution in [-0.2, 0) is 10.3 Å². The summed E-state index contributed by atoms with van der Waals surface area (Å²) in [6.07, 6.45) is 0. The highest BCUT2D eigenvalue weighted by atomic mass is 32.2. The standard InChI is InChI=1S/C7H11N3O3S/c1-10(14(11,12)13)9-8-7-5-3-2-4-6-7/h2-6,8-9H,1H3,(H,11,12,13). The molecule has 78 valence electrons. The second-order valence-corrected chi connectivity index (χ2v) is 3.99. The first-order valence-corrected chi connectivity index (χ1v) is 5.18. The molecule has 0 spiro atoms. The molecule has 0 radical (unpaired) electrons. The number of nitrogens with one attached hydrogen (secondary N) is 2. The van der Waals surface area contributed by atoms with Crippen molar-refractivity contribution in [2.45, 2.75) is 0 Å². The minimum absolute atomic E-state index is 0.556. The van der Waals surface area contributed by atoms with Gasteiger partial charge in [-0.2, -0.15) is 14.0 Å². The van der Waals surface area contributed by atoms with Crippen molar-refractivity contribution in [2.24, 2.45) is 0 Å². The van der Waals surface area contributed by atoms with Crippen molar-refractivity contribution in [1.82, 2.24) is 9.95 Å². The molecule has 0 saturated carbocycles. The van der Waals surface area contributed by atoms with E-state index in [4.69, 9.17) is 4.55 Å². The van der Waals surface area contributed by atoms with Crippen molar-refractivity contribution >= 4 is 16.0 Å². The summed E-state index contributed by atoms with van der Waals surface area (Å²) in [6.45, 7) is 0. The summed E-state index contributed by atoms with van der Waals surface area (Å²) in [5, 5.41) is 0. The number of benzene rings is 1. The van der Waals surface area contributed by atoms with Gasteiger partial charge in [-0.3, -0.25) is 4.55 Å². The minimum atomic E-state index is -4.21. The molecule has 7 heteroatoms. The topological polar surface area (TPSA) is 81.7 Å². The Bertz CT molecular complexity index is 378. The van der Waals surface area contributed by atoms with Gasteiger partial charge in [-0.25, -0.2) is 0 Å². The van der Waals surface area contributed by atoms with E-state index in [9.17, 15) is 8.42 Å². The smallest absolute Gasteiger partial charge is 0.307 e. The van der Waals surface area contributed by atoms with Crippen LogP contribution in [0.1, 0.15) is 0 Å². The van der Waals surface area contributed by atoms with Gasteiger partial charge in [0.2, 0.25) is 0 Å². The molecule has 3 N–H and O–H groups in total. The quantitative estimate of drug-likeness (QED) is 0.497. The van der Waals surface area contributed by atoms with Crippen LogP contribution in [-0.4, -0.2) is 24.4 Å². The fourth-order valence-corrected chi connectivity index (χ4v) is 0.883. The maximum absolute atomic E-state index is 10.5. The second-order valence-electron chi connectivity index (χ2n) is 2.55. The van der Waals surface area contributed by atoms with Crippen molar-refractivity contribution in [3.8, 4) is 0 Å². The molecule has 14 heavy (non-hydrogen) atoms. The average molecular weight is 217 g/mol. The largest absolute Gasteiger partial charge is 0.350 e. The van der Waals surface area contributed by atoms with E-state index in [1.807, 2.05) is 6.07 Å². The van der Waals surface area contributed by atoms with Crippen molar-refractivity contribution in [3.63, 3.8) is 0 Å². The van der Waals surface area contributed by atoms with Crippen molar-refractivity contribution in [2.75, 3.05) is 12.5 Å². The molecule has 0 fully saturated rings. The van der Waals surface area contributed by atoms with Crippen LogP contribution < -0.4 is 11.0 Å². The highest BCUT2D eigenvalue weighted by Gasteiger charge is 2.11. The summed E-state index contributed by atoms with van der Waals surface area (Å²) in [4.78, 5) is 0. The molecule has 0 aromatic heterocycles. The number of hydrogen-bond acceptors (Lipinski definition) is 4. The second kappa shape index (κ2) is 4.38. The number of hydrazine groups is 2. The van der Waals surface area contributed by atoms with Gasteiger partial charge >= 0.3 is 10.3 Å². The van der Waals surface area contributed by atoms with Gasteiger partial charge in [0, 0.05) is 7.05 Å². The normalized spacial score (nSPS) is 11.6. The molecule has 0 amide bonds. The van der Waals surface area contributed by atoms with Gasteiger partial charge in [-0.05, 0) is 12.1 Å². The summed E-state index contributed by atoms with van der Waals surface area (Å²) in [7, 11) is -3.04.